The van der Waals surface area contributed by atoms with E-state index in [1.165, 1.54) is 0 Å². The molecule has 0 aromatic heterocycles. The number of rotatable bonds is 2. The molecule has 10 heavy (non-hydrogen) atoms. The zero-order valence-corrected chi connectivity index (χ0v) is 6.69. The van der Waals surface area contributed by atoms with E-state index in [9.17, 15) is 8.42 Å². The van der Waals surface area contributed by atoms with Gasteiger partial charge in [-0.1, -0.05) is 0 Å². The van der Waals surface area contributed by atoms with Gasteiger partial charge in [0.2, 0.25) is 9.05 Å². The molecule has 5 heteroatoms. The lowest BCUT2D eigenvalue weighted by Crippen LogP contribution is -1.99. The summed E-state index contributed by atoms with van der Waals surface area (Å²) in [6, 6.07) is 1.91. The third kappa shape index (κ3) is 1.61. The van der Waals surface area contributed by atoms with Crippen LogP contribution in [-0.2, 0) is 9.05 Å². The highest BCUT2D eigenvalue weighted by Crippen LogP contribution is 2.41. The summed E-state index contributed by atoms with van der Waals surface area (Å²) in [6.07, 6.45) is 0.857. The smallest absolute Gasteiger partial charge is 0.212 e. The molecule has 0 radical (unpaired) electrons. The summed E-state index contributed by atoms with van der Waals surface area (Å²) in [7, 11) is 1.64. The van der Waals surface area contributed by atoms with Gasteiger partial charge in [0.25, 0.3) is 0 Å². The summed E-state index contributed by atoms with van der Waals surface area (Å²) in [5.74, 6) is -0.00694. The molecular weight excluding hydrogens is 174 g/mol. The lowest BCUT2D eigenvalue weighted by molar-refractivity contribution is 0.606. The van der Waals surface area contributed by atoms with Crippen molar-refractivity contribution in [2.75, 3.05) is 0 Å². The standard InChI is InChI=1S/C5H6ClNO2S/c6-10(8,9)5-3-4(5)1-2-7/h4-5H,1,3H2/t4-,5-/m0/s1. The molecule has 3 nitrogen and oxygen atoms in total. The van der Waals surface area contributed by atoms with Crippen LogP contribution in [0.2, 0.25) is 0 Å². The monoisotopic (exact) mass is 179 g/mol. The SMILES string of the molecule is N#CC[C@H]1C[C@@H]1S(=O)(=O)Cl. The maximum atomic E-state index is 10.5. The van der Waals surface area contributed by atoms with E-state index in [2.05, 4.69) is 0 Å². The van der Waals surface area contributed by atoms with Crippen LogP contribution in [-0.4, -0.2) is 13.7 Å². The number of hydrogen-bond acceptors (Lipinski definition) is 3. The first-order chi connectivity index (χ1) is 4.55. The minimum absolute atomic E-state index is 0.00694. The molecule has 1 fully saturated rings. The Bertz CT molecular complexity index is 266. The molecule has 1 aliphatic rings. The second-order valence-electron chi connectivity index (χ2n) is 2.37. The van der Waals surface area contributed by atoms with Crippen molar-refractivity contribution in [1.29, 1.82) is 5.26 Å². The molecular formula is C5H6ClNO2S. The minimum Gasteiger partial charge on any atom is -0.212 e. The van der Waals surface area contributed by atoms with E-state index in [1.54, 1.807) is 0 Å². The maximum absolute atomic E-state index is 10.5. The van der Waals surface area contributed by atoms with Gasteiger partial charge in [0, 0.05) is 17.1 Å². The molecule has 0 unspecified atom stereocenters. The molecule has 0 aromatic carbocycles. The largest absolute Gasteiger partial charge is 0.235 e. The molecule has 0 aliphatic heterocycles. The van der Waals surface area contributed by atoms with E-state index in [4.69, 9.17) is 15.9 Å². The maximum Gasteiger partial charge on any atom is 0.235 e. The van der Waals surface area contributed by atoms with Gasteiger partial charge in [-0.3, -0.25) is 0 Å². The van der Waals surface area contributed by atoms with Gasteiger partial charge in [0.15, 0.2) is 0 Å². The van der Waals surface area contributed by atoms with Crippen LogP contribution in [0.4, 0.5) is 0 Å². The Morgan fingerprint density at radius 1 is 1.70 bits per heavy atom. The molecule has 1 rings (SSSR count). The highest BCUT2D eigenvalue weighted by molar-refractivity contribution is 8.14. The van der Waals surface area contributed by atoms with Gasteiger partial charge in [-0.25, -0.2) is 8.42 Å². The zero-order valence-electron chi connectivity index (χ0n) is 5.12. The van der Waals surface area contributed by atoms with Crippen LogP contribution in [0.1, 0.15) is 12.8 Å². The van der Waals surface area contributed by atoms with Gasteiger partial charge in [-0.15, -0.1) is 0 Å². The lowest BCUT2D eigenvalue weighted by Gasteiger charge is -1.87. The molecule has 0 amide bonds. The number of hydrogen-bond donors (Lipinski definition) is 0. The van der Waals surface area contributed by atoms with Gasteiger partial charge >= 0.3 is 0 Å². The van der Waals surface area contributed by atoms with Gasteiger partial charge in [0.1, 0.15) is 0 Å². The first-order valence-electron chi connectivity index (χ1n) is 2.86. The van der Waals surface area contributed by atoms with E-state index in [-0.39, 0.29) is 5.92 Å². The first-order valence-corrected chi connectivity index (χ1v) is 5.23. The van der Waals surface area contributed by atoms with Crippen LogP contribution in [0.3, 0.4) is 0 Å². The van der Waals surface area contributed by atoms with Crippen LogP contribution in [0, 0.1) is 17.2 Å². The summed E-state index contributed by atoms with van der Waals surface area (Å²) < 4.78 is 21.1. The Hall–Kier alpha value is -0.270. The molecule has 1 saturated carbocycles. The van der Waals surface area contributed by atoms with E-state index in [1.807, 2.05) is 6.07 Å². The van der Waals surface area contributed by atoms with Crippen molar-refractivity contribution in [3.63, 3.8) is 0 Å². The molecule has 0 saturated heterocycles. The molecule has 0 aromatic rings. The van der Waals surface area contributed by atoms with Crippen molar-refractivity contribution < 1.29 is 8.42 Å². The normalized spacial score (nSPS) is 31.2. The van der Waals surface area contributed by atoms with E-state index >= 15 is 0 Å². The molecule has 1 aliphatic carbocycles. The van der Waals surface area contributed by atoms with Crippen molar-refractivity contribution in [3.05, 3.63) is 0 Å². The first kappa shape index (κ1) is 7.83. The summed E-state index contributed by atoms with van der Waals surface area (Å²) in [5.41, 5.74) is 0. The number of nitrogens with zero attached hydrogens (tertiary/aromatic N) is 1. The summed E-state index contributed by atoms with van der Waals surface area (Å²) in [5, 5.41) is 7.72. The van der Waals surface area contributed by atoms with E-state index in [0.29, 0.717) is 12.8 Å². The summed E-state index contributed by atoms with van der Waals surface area (Å²) in [4.78, 5) is 0. The summed E-state index contributed by atoms with van der Waals surface area (Å²) in [6.45, 7) is 0. The van der Waals surface area contributed by atoms with Crippen molar-refractivity contribution in [2.45, 2.75) is 18.1 Å². The summed E-state index contributed by atoms with van der Waals surface area (Å²) >= 11 is 0. The van der Waals surface area contributed by atoms with Crippen LogP contribution >= 0.6 is 10.7 Å². The van der Waals surface area contributed by atoms with Gasteiger partial charge in [-0.05, 0) is 12.3 Å². The van der Waals surface area contributed by atoms with E-state index in [0.717, 1.165) is 0 Å². The number of nitriles is 1. The number of halogens is 1. The van der Waals surface area contributed by atoms with Crippen molar-refractivity contribution in [1.82, 2.24) is 0 Å². The highest BCUT2D eigenvalue weighted by Gasteiger charge is 2.46. The van der Waals surface area contributed by atoms with Crippen molar-refractivity contribution in [3.8, 4) is 6.07 Å². The average Bonchev–Trinajstić information content (AvgIpc) is 2.44. The van der Waals surface area contributed by atoms with Crippen LogP contribution in [0.15, 0.2) is 0 Å². The zero-order chi connectivity index (χ0) is 7.78. The topological polar surface area (TPSA) is 57.9 Å². The molecule has 0 N–H and O–H groups in total. The molecule has 56 valence electrons. The molecule has 0 spiro atoms. The van der Waals surface area contributed by atoms with Crippen LogP contribution < -0.4 is 0 Å². The highest BCUT2D eigenvalue weighted by atomic mass is 35.7. The lowest BCUT2D eigenvalue weighted by atomic mass is 10.3. The third-order valence-corrected chi connectivity index (χ3v) is 3.56. The molecule has 0 heterocycles. The van der Waals surface area contributed by atoms with Gasteiger partial charge < -0.3 is 0 Å². The molecule has 0 bridgehead atoms. The second kappa shape index (κ2) is 2.40. The Morgan fingerprint density at radius 3 is 2.60 bits per heavy atom. The predicted octanol–water partition coefficient (Wildman–Crippen LogP) is 0.857. The fraction of sp³-hybridized carbons (Fsp3) is 0.800. The molecule has 2 atom stereocenters. The Morgan fingerprint density at radius 2 is 2.30 bits per heavy atom. The fourth-order valence-electron chi connectivity index (χ4n) is 0.897. The van der Waals surface area contributed by atoms with Crippen molar-refractivity contribution in [2.24, 2.45) is 5.92 Å². The van der Waals surface area contributed by atoms with Crippen LogP contribution in [0.25, 0.3) is 0 Å². The van der Waals surface area contributed by atoms with Gasteiger partial charge in [0.05, 0.1) is 11.3 Å². The third-order valence-electron chi connectivity index (χ3n) is 1.57. The van der Waals surface area contributed by atoms with E-state index < -0.39 is 14.3 Å². The fourth-order valence-corrected chi connectivity index (χ4v) is 2.58. The second-order valence-corrected chi connectivity index (χ2v) is 5.22. The Balaban J connectivity index is 2.49. The van der Waals surface area contributed by atoms with Crippen molar-refractivity contribution >= 4 is 19.7 Å². The van der Waals surface area contributed by atoms with Crippen LogP contribution in [0.5, 0.6) is 0 Å². The minimum atomic E-state index is -3.38. The average molecular weight is 180 g/mol. The van der Waals surface area contributed by atoms with Gasteiger partial charge in [-0.2, -0.15) is 5.26 Å². The Kier molecular flexibility index (Phi) is 1.88. The predicted molar refractivity (Wildman–Crippen MR) is 36.9 cm³/mol. The quantitative estimate of drug-likeness (QED) is 0.591. The Labute approximate surface area is 64.0 Å².